The van der Waals surface area contributed by atoms with Crippen LogP contribution in [-0.4, -0.2) is 63.7 Å². The average molecular weight is 375 g/mol. The van der Waals surface area contributed by atoms with Crippen molar-refractivity contribution in [2.75, 3.05) is 50.7 Å². The Labute approximate surface area is 162 Å². The maximum atomic E-state index is 13.0. The van der Waals surface area contributed by atoms with Crippen LogP contribution >= 0.6 is 0 Å². The van der Waals surface area contributed by atoms with Crippen molar-refractivity contribution in [1.82, 2.24) is 5.32 Å². The molecule has 1 aromatic rings. The number of nitrogens with one attached hydrogen (secondary N) is 3. The van der Waals surface area contributed by atoms with E-state index < -0.39 is 0 Å². The zero-order valence-electron chi connectivity index (χ0n) is 16.7. The summed E-state index contributed by atoms with van der Waals surface area (Å²) in [7, 11) is 0. The molecule has 0 bridgehead atoms. The van der Waals surface area contributed by atoms with Crippen molar-refractivity contribution in [3.63, 3.8) is 0 Å². The van der Waals surface area contributed by atoms with Gasteiger partial charge in [-0.25, -0.2) is 0 Å². The van der Waals surface area contributed by atoms with Gasteiger partial charge in [0.15, 0.2) is 12.6 Å². The molecule has 6 heteroatoms. The Morgan fingerprint density at radius 3 is 2.67 bits per heavy atom. The summed E-state index contributed by atoms with van der Waals surface area (Å²) in [5, 5.41) is 3.00. The van der Waals surface area contributed by atoms with Gasteiger partial charge in [-0.1, -0.05) is 31.5 Å². The van der Waals surface area contributed by atoms with E-state index in [-0.39, 0.29) is 17.9 Å². The first-order valence-corrected chi connectivity index (χ1v) is 10.4. The van der Waals surface area contributed by atoms with Gasteiger partial charge in [0.05, 0.1) is 0 Å². The lowest BCUT2D eigenvalue weighted by Crippen LogP contribution is -3.30. The molecular weight excluding hydrogens is 340 g/mol. The highest BCUT2D eigenvalue weighted by Crippen LogP contribution is 2.27. The van der Waals surface area contributed by atoms with Gasteiger partial charge < -0.3 is 20.0 Å². The lowest BCUT2D eigenvalue weighted by atomic mass is 10.1. The van der Waals surface area contributed by atoms with Gasteiger partial charge in [-0.05, 0) is 31.4 Å². The molecular formula is C21H34N4O2+2. The normalized spacial score (nSPS) is 23.0. The number of fused-ring (bicyclic) bond motifs is 1. The largest absolute Gasteiger partial charge is 0.351 e. The molecule has 2 aliphatic rings. The maximum absolute atomic E-state index is 13.0. The predicted octanol–water partition coefficient (Wildman–Crippen LogP) is -1.34. The van der Waals surface area contributed by atoms with Crippen LogP contribution in [0.2, 0.25) is 0 Å². The number of carbonyl (C=O) groups excluding carboxylic acids is 2. The molecule has 0 radical (unpaired) electrons. The van der Waals surface area contributed by atoms with Gasteiger partial charge >= 0.3 is 0 Å². The van der Waals surface area contributed by atoms with Gasteiger partial charge in [-0.3, -0.25) is 9.59 Å². The Morgan fingerprint density at radius 1 is 1.19 bits per heavy atom. The van der Waals surface area contributed by atoms with Gasteiger partial charge in [0.25, 0.3) is 11.8 Å². The monoisotopic (exact) mass is 374 g/mol. The minimum Gasteiger partial charge on any atom is -0.351 e. The van der Waals surface area contributed by atoms with Crippen LogP contribution in [0.25, 0.3) is 0 Å². The molecule has 6 nitrogen and oxygen atoms in total. The molecule has 1 aromatic carbocycles. The molecule has 2 aliphatic heterocycles. The Morgan fingerprint density at radius 2 is 1.93 bits per heavy atom. The maximum Gasteiger partial charge on any atom is 0.284 e. The third-order valence-electron chi connectivity index (χ3n) is 6.00. The van der Waals surface area contributed by atoms with Crippen LogP contribution in [0.1, 0.15) is 32.3 Å². The summed E-state index contributed by atoms with van der Waals surface area (Å²) < 4.78 is 0. The zero-order chi connectivity index (χ0) is 19.2. The molecule has 1 atom stereocenters. The summed E-state index contributed by atoms with van der Waals surface area (Å²) in [6.45, 7) is 10.1. The molecule has 0 spiro atoms. The summed E-state index contributed by atoms with van der Waals surface area (Å²) >= 11 is 0. The van der Waals surface area contributed by atoms with Crippen LogP contribution in [-0.2, 0) is 16.0 Å². The van der Waals surface area contributed by atoms with E-state index in [1.165, 1.54) is 15.4 Å². The summed E-state index contributed by atoms with van der Waals surface area (Å²) in [5.74, 6) is 0.385. The molecule has 0 saturated carbocycles. The molecule has 0 aliphatic carbocycles. The number of unbranched alkanes of at least 4 members (excludes halogenated alkanes) is 1. The molecule has 2 heterocycles. The quantitative estimate of drug-likeness (QED) is 0.518. The lowest BCUT2D eigenvalue weighted by molar-refractivity contribution is -1.01. The first-order valence-electron chi connectivity index (χ1n) is 10.4. The van der Waals surface area contributed by atoms with E-state index in [0.29, 0.717) is 6.54 Å². The number of nitrogens with zero attached hydrogens (tertiary/aromatic N) is 1. The lowest BCUT2D eigenvalue weighted by Gasteiger charge is -2.33. The molecule has 0 aromatic heterocycles. The molecule has 3 N–H and O–H groups in total. The van der Waals surface area contributed by atoms with Crippen molar-refractivity contribution in [3.05, 3.63) is 29.8 Å². The smallest absolute Gasteiger partial charge is 0.284 e. The van der Waals surface area contributed by atoms with Gasteiger partial charge in [0, 0.05) is 18.8 Å². The SMILES string of the molecule is CCCCNC(=O)C[NH+]1CC[NH+]([C@@H](C)C(=O)N2CCc3ccccc32)CC1. The second-order valence-electron chi connectivity index (χ2n) is 7.88. The van der Waals surface area contributed by atoms with Gasteiger partial charge in [-0.15, -0.1) is 0 Å². The van der Waals surface area contributed by atoms with Crippen molar-refractivity contribution in [3.8, 4) is 0 Å². The van der Waals surface area contributed by atoms with Crippen LogP contribution in [0.3, 0.4) is 0 Å². The first kappa shape index (κ1) is 19.8. The number of hydrogen-bond acceptors (Lipinski definition) is 2. The number of benzene rings is 1. The fraction of sp³-hybridized carbons (Fsp3) is 0.619. The fourth-order valence-electron chi connectivity index (χ4n) is 4.20. The Kier molecular flexibility index (Phi) is 6.85. The standard InChI is InChI=1S/C21H32N4O2/c1-3-4-10-22-20(26)16-23-12-14-24(15-13-23)17(2)21(27)25-11-9-18-7-5-6-8-19(18)25/h5-8,17H,3-4,9-16H2,1-2H3,(H,22,26)/p+2/t17-/m0/s1. The van der Waals surface area contributed by atoms with E-state index >= 15 is 0 Å². The van der Waals surface area contributed by atoms with Crippen molar-refractivity contribution < 1.29 is 19.4 Å². The van der Waals surface area contributed by atoms with Crippen LogP contribution in [0.15, 0.2) is 24.3 Å². The molecule has 27 heavy (non-hydrogen) atoms. The van der Waals surface area contributed by atoms with Gasteiger partial charge in [0.2, 0.25) is 0 Å². The molecule has 1 fully saturated rings. The number of rotatable bonds is 7. The average Bonchev–Trinajstić information content (AvgIpc) is 3.12. The van der Waals surface area contributed by atoms with Crippen molar-refractivity contribution in [2.24, 2.45) is 0 Å². The number of quaternary nitrogens is 2. The number of anilines is 1. The van der Waals surface area contributed by atoms with Crippen LogP contribution in [0, 0.1) is 0 Å². The highest BCUT2D eigenvalue weighted by molar-refractivity contribution is 5.97. The molecule has 3 rings (SSSR count). The summed E-state index contributed by atoms with van der Waals surface area (Å²) in [6, 6.07) is 8.20. The number of para-hydroxylation sites is 1. The molecule has 0 unspecified atom stereocenters. The van der Waals surface area contributed by atoms with E-state index in [1.807, 2.05) is 17.0 Å². The summed E-state index contributed by atoms with van der Waals surface area (Å²) in [6.07, 6.45) is 3.09. The number of piperazine rings is 1. The van der Waals surface area contributed by atoms with Crippen molar-refractivity contribution in [2.45, 2.75) is 39.2 Å². The second kappa shape index (κ2) is 9.33. The van der Waals surface area contributed by atoms with Crippen molar-refractivity contribution in [1.29, 1.82) is 0 Å². The zero-order valence-corrected chi connectivity index (χ0v) is 16.7. The Bertz CT molecular complexity index is 655. The molecule has 1 saturated heterocycles. The van der Waals surface area contributed by atoms with Crippen molar-refractivity contribution >= 4 is 17.5 Å². The van der Waals surface area contributed by atoms with E-state index in [0.717, 1.165) is 64.2 Å². The Balaban J connectivity index is 1.47. The second-order valence-corrected chi connectivity index (χ2v) is 7.88. The molecule has 2 amide bonds. The van der Waals surface area contributed by atoms with E-state index in [9.17, 15) is 9.59 Å². The first-order chi connectivity index (χ1) is 13.1. The summed E-state index contributed by atoms with van der Waals surface area (Å²) in [4.78, 5) is 29.7. The van der Waals surface area contributed by atoms with Crippen LogP contribution in [0.5, 0.6) is 0 Å². The van der Waals surface area contributed by atoms with E-state index in [4.69, 9.17) is 0 Å². The third-order valence-corrected chi connectivity index (χ3v) is 6.00. The minimum atomic E-state index is -0.0314. The summed E-state index contributed by atoms with van der Waals surface area (Å²) in [5.41, 5.74) is 2.36. The number of hydrogen-bond donors (Lipinski definition) is 3. The fourth-order valence-corrected chi connectivity index (χ4v) is 4.20. The van der Waals surface area contributed by atoms with Crippen LogP contribution in [0.4, 0.5) is 5.69 Å². The minimum absolute atomic E-state index is 0.0314. The highest BCUT2D eigenvalue weighted by atomic mass is 16.2. The third kappa shape index (κ3) is 4.87. The van der Waals surface area contributed by atoms with E-state index in [1.54, 1.807) is 0 Å². The predicted molar refractivity (Wildman–Crippen MR) is 106 cm³/mol. The van der Waals surface area contributed by atoms with Gasteiger partial charge in [-0.2, -0.15) is 0 Å². The topological polar surface area (TPSA) is 58.3 Å². The highest BCUT2D eigenvalue weighted by Gasteiger charge is 2.36. The number of amides is 2. The van der Waals surface area contributed by atoms with E-state index in [2.05, 4.69) is 31.3 Å². The van der Waals surface area contributed by atoms with Crippen LogP contribution < -0.4 is 20.0 Å². The Hall–Kier alpha value is -1.92. The molecule has 148 valence electrons. The van der Waals surface area contributed by atoms with Gasteiger partial charge in [0.1, 0.15) is 26.2 Å². The number of carbonyl (C=O) groups is 2.